The molecule has 1 heterocycles. The van der Waals surface area contributed by atoms with E-state index in [2.05, 4.69) is 15.9 Å². The third-order valence-corrected chi connectivity index (χ3v) is 4.50. The lowest BCUT2D eigenvalue weighted by Crippen LogP contribution is -2.61. The van der Waals surface area contributed by atoms with Gasteiger partial charge in [0, 0.05) is 25.2 Å². The lowest BCUT2D eigenvalue weighted by molar-refractivity contribution is -0.271. The smallest absolute Gasteiger partial charge is 0.303 e. The van der Waals surface area contributed by atoms with Gasteiger partial charge in [0.25, 0.3) is 0 Å². The van der Waals surface area contributed by atoms with Crippen LogP contribution in [-0.2, 0) is 33.3 Å². The minimum atomic E-state index is -1.97. The number of rotatable bonds is 6. The van der Waals surface area contributed by atoms with Crippen molar-refractivity contribution < 1.29 is 42.5 Å². The quantitative estimate of drug-likeness (QED) is 0.456. The summed E-state index contributed by atoms with van der Waals surface area (Å²) in [7, 11) is 0. The molecule has 1 saturated heterocycles. The fraction of sp³-hybridized carbons (Fsp3) is 0.526. The van der Waals surface area contributed by atoms with Crippen LogP contribution in [0.5, 0.6) is 5.75 Å². The van der Waals surface area contributed by atoms with E-state index in [0.29, 0.717) is 11.3 Å². The summed E-state index contributed by atoms with van der Waals surface area (Å²) >= 11 is 3.33. The summed E-state index contributed by atoms with van der Waals surface area (Å²) in [5, 5.41) is 0. The van der Waals surface area contributed by atoms with Gasteiger partial charge in [-0.3, -0.25) is 14.4 Å². The third-order valence-electron chi connectivity index (χ3n) is 4.01. The van der Waals surface area contributed by atoms with Crippen molar-refractivity contribution in [1.82, 2.24) is 0 Å². The molecule has 10 heteroatoms. The number of halogens is 2. The maximum absolute atomic E-state index is 15.2. The lowest BCUT2D eigenvalue weighted by atomic mass is 9.99. The fourth-order valence-electron chi connectivity index (χ4n) is 2.83. The number of benzene rings is 1. The molecule has 8 nitrogen and oxygen atoms in total. The molecule has 1 aliphatic rings. The van der Waals surface area contributed by atoms with Gasteiger partial charge in [-0.2, -0.15) is 0 Å². The van der Waals surface area contributed by atoms with E-state index < -0.39 is 48.7 Å². The highest BCUT2D eigenvalue weighted by molar-refractivity contribution is 9.10. The van der Waals surface area contributed by atoms with Gasteiger partial charge in [0.05, 0.1) is 0 Å². The molecule has 29 heavy (non-hydrogen) atoms. The molecule has 1 aliphatic heterocycles. The molecule has 0 aromatic heterocycles. The van der Waals surface area contributed by atoms with Crippen LogP contribution in [-0.4, -0.2) is 55.3 Å². The van der Waals surface area contributed by atoms with Crippen molar-refractivity contribution in [2.75, 3.05) is 6.61 Å². The van der Waals surface area contributed by atoms with Gasteiger partial charge < -0.3 is 23.7 Å². The van der Waals surface area contributed by atoms with E-state index in [-0.39, 0.29) is 6.61 Å². The highest BCUT2D eigenvalue weighted by Crippen LogP contribution is 2.32. The molecule has 0 amide bonds. The van der Waals surface area contributed by atoms with Crippen LogP contribution in [0.25, 0.3) is 0 Å². The topological polar surface area (TPSA) is 97.4 Å². The molecular formula is C19H22BrFO8. The second-order valence-corrected chi connectivity index (χ2v) is 7.38. The van der Waals surface area contributed by atoms with Crippen molar-refractivity contribution in [3.8, 4) is 5.75 Å². The predicted molar refractivity (Wildman–Crippen MR) is 101 cm³/mol. The Kier molecular flexibility index (Phi) is 7.97. The summed E-state index contributed by atoms with van der Waals surface area (Å²) in [6.45, 7) is 4.82. The van der Waals surface area contributed by atoms with Gasteiger partial charge in [-0.1, -0.05) is 15.9 Å². The minimum absolute atomic E-state index is 0.347. The van der Waals surface area contributed by atoms with E-state index in [1.54, 1.807) is 25.1 Å². The summed E-state index contributed by atoms with van der Waals surface area (Å²) in [5.41, 5.74) is 0.706. The molecule has 0 bridgehead atoms. The number of carbonyl (C=O) groups is 3. The monoisotopic (exact) mass is 476 g/mol. The number of esters is 3. The van der Waals surface area contributed by atoms with Crippen molar-refractivity contribution >= 4 is 33.8 Å². The molecule has 1 aromatic carbocycles. The van der Waals surface area contributed by atoms with Gasteiger partial charge in [0.2, 0.25) is 12.5 Å². The van der Waals surface area contributed by atoms with Crippen LogP contribution in [0, 0.1) is 6.92 Å². The molecule has 0 radical (unpaired) electrons. The molecule has 0 unspecified atom stereocenters. The van der Waals surface area contributed by atoms with Crippen molar-refractivity contribution in [3.05, 3.63) is 28.2 Å². The number of ether oxygens (including phenoxy) is 5. The maximum atomic E-state index is 15.2. The van der Waals surface area contributed by atoms with E-state index in [1.165, 1.54) is 6.92 Å². The Bertz CT molecular complexity index is 771. The molecule has 1 fully saturated rings. The highest BCUT2D eigenvalue weighted by atomic mass is 79.9. The zero-order valence-corrected chi connectivity index (χ0v) is 17.9. The van der Waals surface area contributed by atoms with Gasteiger partial charge in [0.15, 0.2) is 12.2 Å². The molecule has 5 atom stereocenters. The summed E-state index contributed by atoms with van der Waals surface area (Å²) in [5.74, 6) is -1.78. The second-order valence-electron chi connectivity index (χ2n) is 6.47. The van der Waals surface area contributed by atoms with Crippen LogP contribution in [0.2, 0.25) is 0 Å². The number of aryl methyl sites for hydroxylation is 1. The first-order chi connectivity index (χ1) is 13.6. The van der Waals surface area contributed by atoms with Crippen LogP contribution >= 0.6 is 15.9 Å². The van der Waals surface area contributed by atoms with Crippen molar-refractivity contribution in [1.29, 1.82) is 0 Å². The Morgan fingerprint density at radius 2 is 1.69 bits per heavy atom. The van der Waals surface area contributed by atoms with E-state index in [9.17, 15) is 14.4 Å². The van der Waals surface area contributed by atoms with Crippen molar-refractivity contribution in [2.24, 2.45) is 0 Å². The largest absolute Gasteiger partial charge is 0.463 e. The number of carbonyl (C=O) groups excluding carboxylic acids is 3. The van der Waals surface area contributed by atoms with Crippen LogP contribution in [0.3, 0.4) is 0 Å². The van der Waals surface area contributed by atoms with E-state index >= 15 is 4.39 Å². The third kappa shape index (κ3) is 6.40. The summed E-state index contributed by atoms with van der Waals surface area (Å²) < 4.78 is 42.4. The minimum Gasteiger partial charge on any atom is -0.463 e. The molecule has 0 aliphatic carbocycles. The fourth-order valence-corrected chi connectivity index (χ4v) is 3.30. The van der Waals surface area contributed by atoms with Crippen LogP contribution in [0.4, 0.5) is 4.39 Å². The first kappa shape index (κ1) is 23.1. The molecule has 160 valence electrons. The number of hydrogen-bond donors (Lipinski definition) is 0. The van der Waals surface area contributed by atoms with Crippen LogP contribution < -0.4 is 4.74 Å². The van der Waals surface area contributed by atoms with E-state index in [1.807, 2.05) is 0 Å². The summed E-state index contributed by atoms with van der Waals surface area (Å²) in [4.78, 5) is 34.2. The molecule has 0 saturated carbocycles. The Morgan fingerprint density at radius 3 is 2.24 bits per heavy atom. The Hall–Kier alpha value is -2.20. The summed E-state index contributed by atoms with van der Waals surface area (Å²) in [6.07, 6.45) is -7.41. The van der Waals surface area contributed by atoms with Gasteiger partial charge in [-0.15, -0.1) is 0 Å². The van der Waals surface area contributed by atoms with Crippen molar-refractivity contribution in [2.45, 2.75) is 58.5 Å². The molecule has 0 N–H and O–H groups in total. The number of hydrogen-bond acceptors (Lipinski definition) is 8. The van der Waals surface area contributed by atoms with Crippen molar-refractivity contribution in [3.63, 3.8) is 0 Å². The van der Waals surface area contributed by atoms with Gasteiger partial charge in [0.1, 0.15) is 18.5 Å². The van der Waals surface area contributed by atoms with Gasteiger partial charge in [-0.05, 0) is 30.7 Å². The molecular weight excluding hydrogens is 455 g/mol. The maximum Gasteiger partial charge on any atom is 0.303 e. The van der Waals surface area contributed by atoms with Crippen LogP contribution in [0.1, 0.15) is 26.3 Å². The Labute approximate surface area is 175 Å². The average Bonchev–Trinajstić information content (AvgIpc) is 2.60. The first-order valence-corrected chi connectivity index (χ1v) is 9.58. The first-order valence-electron chi connectivity index (χ1n) is 8.78. The SMILES string of the molecule is CC(=O)OC[C@H]1O[C@H](Oc2ccc(Br)cc2C)[C@@H](F)[C@@H](OC(C)=O)[C@@H]1OC(C)=O. The predicted octanol–water partition coefficient (Wildman–Crippen LogP) is 2.63. The standard InChI is InChI=1S/C19H22BrFO8/c1-9-7-13(20)5-6-14(9)28-19-16(21)18(27-12(4)24)17(26-11(3)23)15(29-19)8-25-10(2)22/h5-7,15-19H,8H2,1-4H3/t15-,16+,17-,18-,19+/m1/s1. The Morgan fingerprint density at radius 1 is 1.07 bits per heavy atom. The molecule has 1 aromatic rings. The molecule has 2 rings (SSSR count). The highest BCUT2D eigenvalue weighted by Gasteiger charge is 2.52. The normalized spacial score (nSPS) is 26.3. The second kappa shape index (κ2) is 10.0. The number of alkyl halides is 1. The van der Waals surface area contributed by atoms with Gasteiger partial charge >= 0.3 is 17.9 Å². The molecule has 0 spiro atoms. The van der Waals surface area contributed by atoms with Crippen LogP contribution in [0.15, 0.2) is 22.7 Å². The lowest BCUT2D eigenvalue weighted by Gasteiger charge is -2.41. The van der Waals surface area contributed by atoms with Gasteiger partial charge in [-0.25, -0.2) is 4.39 Å². The van der Waals surface area contributed by atoms with E-state index in [4.69, 9.17) is 23.7 Å². The van der Waals surface area contributed by atoms with E-state index in [0.717, 1.165) is 18.3 Å². The average molecular weight is 477 g/mol. The summed E-state index contributed by atoms with van der Waals surface area (Å²) in [6, 6.07) is 5.10. The zero-order chi connectivity index (χ0) is 21.7. The Balaban J connectivity index is 2.32. The zero-order valence-electron chi connectivity index (χ0n) is 16.3.